The molecule has 0 spiro atoms. The van der Waals surface area contributed by atoms with Gasteiger partial charge in [-0.05, 0) is 99.3 Å². The Morgan fingerprint density at radius 3 is 2.29 bits per heavy atom. The molecule has 0 aliphatic carbocycles. The summed E-state index contributed by atoms with van der Waals surface area (Å²) in [6.45, 7) is 8.75. The van der Waals surface area contributed by atoms with E-state index < -0.39 is 18.0 Å². The van der Waals surface area contributed by atoms with Gasteiger partial charge >= 0.3 is 11.9 Å². The van der Waals surface area contributed by atoms with Gasteiger partial charge in [0, 0.05) is 26.0 Å². The number of aromatic nitrogens is 2. The molecule has 0 saturated carbocycles. The highest BCUT2D eigenvalue weighted by Gasteiger charge is 2.31. The SMILES string of the molecule is Cc1nnc(-c2cc3c(OC[C@@H](O)CN4CCC(c5ccc6c(c5)CC(C)(C)O6)CC4)cccc3o2)o1.O=C(O)c1ccc(C(=O)O)cc1. The van der Waals surface area contributed by atoms with E-state index in [2.05, 4.69) is 47.1 Å². The van der Waals surface area contributed by atoms with Gasteiger partial charge in [-0.15, -0.1) is 10.2 Å². The van der Waals surface area contributed by atoms with Crippen LogP contribution in [-0.2, 0) is 6.42 Å². The van der Waals surface area contributed by atoms with Crippen molar-refractivity contribution in [3.8, 4) is 23.1 Å². The number of furan rings is 1. The molecule has 2 aliphatic heterocycles. The van der Waals surface area contributed by atoms with E-state index in [0.29, 0.717) is 41.3 Å². The first-order valence-corrected chi connectivity index (χ1v) is 16.2. The summed E-state index contributed by atoms with van der Waals surface area (Å²) in [4.78, 5) is 23.0. The summed E-state index contributed by atoms with van der Waals surface area (Å²) in [7, 11) is 0. The molecule has 4 heterocycles. The molecule has 12 heteroatoms. The number of hydrogen-bond acceptors (Lipinski definition) is 10. The van der Waals surface area contributed by atoms with Gasteiger partial charge in [0.2, 0.25) is 5.89 Å². The Labute approximate surface area is 282 Å². The molecule has 1 fully saturated rings. The van der Waals surface area contributed by atoms with Gasteiger partial charge in [0.25, 0.3) is 5.89 Å². The number of carbonyl (C=O) groups is 2. The topological polar surface area (TPSA) is 169 Å². The zero-order chi connectivity index (χ0) is 34.7. The van der Waals surface area contributed by atoms with Crippen molar-refractivity contribution in [2.45, 2.75) is 57.7 Å². The minimum atomic E-state index is -1.06. The van der Waals surface area contributed by atoms with Crippen molar-refractivity contribution in [2.24, 2.45) is 0 Å². The molecule has 0 amide bonds. The molecule has 3 N–H and O–H groups in total. The third kappa shape index (κ3) is 8.10. The van der Waals surface area contributed by atoms with Gasteiger partial charge in [-0.1, -0.05) is 18.2 Å². The fourth-order valence-electron chi connectivity index (χ4n) is 6.29. The first-order chi connectivity index (χ1) is 23.4. The number of aryl methyl sites for hydroxylation is 1. The molecule has 2 aromatic heterocycles. The van der Waals surface area contributed by atoms with Crippen LogP contribution in [0.25, 0.3) is 22.6 Å². The normalized spacial score (nSPS) is 16.3. The van der Waals surface area contributed by atoms with Crippen molar-refractivity contribution in [3.63, 3.8) is 0 Å². The van der Waals surface area contributed by atoms with Crippen molar-refractivity contribution in [3.05, 3.63) is 94.9 Å². The summed E-state index contributed by atoms with van der Waals surface area (Å²) >= 11 is 0. The maximum absolute atomic E-state index is 10.7. The highest BCUT2D eigenvalue weighted by molar-refractivity contribution is 5.91. The van der Waals surface area contributed by atoms with Gasteiger partial charge in [-0.25, -0.2) is 9.59 Å². The number of carboxylic acids is 2. The lowest BCUT2D eigenvalue weighted by molar-refractivity contribution is 0.0599. The predicted molar refractivity (Wildman–Crippen MR) is 179 cm³/mol. The maximum atomic E-state index is 10.7. The molecule has 0 radical (unpaired) electrons. The van der Waals surface area contributed by atoms with E-state index >= 15 is 0 Å². The van der Waals surface area contributed by atoms with Crippen LogP contribution in [-0.4, -0.2) is 80.3 Å². The van der Waals surface area contributed by atoms with Crippen LogP contribution in [0, 0.1) is 6.92 Å². The Morgan fingerprint density at radius 1 is 0.959 bits per heavy atom. The summed E-state index contributed by atoms with van der Waals surface area (Å²) in [6, 6.07) is 19.2. The van der Waals surface area contributed by atoms with Crippen LogP contribution in [0.1, 0.15) is 70.3 Å². The fraction of sp³-hybridized carbons (Fsp3) is 0.351. The average Bonchev–Trinajstić information content (AvgIpc) is 3.79. The molecule has 7 rings (SSSR count). The second kappa shape index (κ2) is 14.1. The van der Waals surface area contributed by atoms with Crippen molar-refractivity contribution in [1.82, 2.24) is 15.1 Å². The van der Waals surface area contributed by atoms with E-state index in [9.17, 15) is 14.7 Å². The Bertz CT molecular complexity index is 1910. The minimum Gasteiger partial charge on any atom is -0.490 e. The molecular formula is C37H39N3O9. The van der Waals surface area contributed by atoms with Crippen LogP contribution in [0.3, 0.4) is 0 Å². The zero-order valence-corrected chi connectivity index (χ0v) is 27.6. The minimum absolute atomic E-state index is 0.0833. The molecule has 49 heavy (non-hydrogen) atoms. The molecular weight excluding hydrogens is 630 g/mol. The predicted octanol–water partition coefficient (Wildman–Crippen LogP) is 6.21. The Morgan fingerprint density at radius 2 is 1.65 bits per heavy atom. The molecule has 3 aromatic carbocycles. The number of β-amino-alcohol motifs (C(OH)–C–C–N with tert-alkyl or cyclic N) is 1. The van der Waals surface area contributed by atoms with Crippen molar-refractivity contribution in [2.75, 3.05) is 26.2 Å². The van der Waals surface area contributed by atoms with Gasteiger partial charge in [-0.2, -0.15) is 0 Å². The van der Waals surface area contributed by atoms with E-state index in [0.717, 1.165) is 43.5 Å². The summed E-state index contributed by atoms with van der Waals surface area (Å²) in [6.07, 6.45) is 2.55. The largest absolute Gasteiger partial charge is 0.490 e. The van der Waals surface area contributed by atoms with Gasteiger partial charge in [0.05, 0.1) is 16.5 Å². The number of carboxylic acid groups (broad SMARTS) is 2. The standard InChI is InChI=1S/C29H33N3O5.C8H6O4/c1-18-30-31-28(35-18)27-14-23-25(5-4-6-26(23)36-27)34-17-22(33)16-32-11-9-19(10-12-32)20-7-8-24-21(13-20)15-29(2,3)37-24;9-7(10)5-1-2-6(4-3-5)8(11)12/h4-8,13-14,19,22,33H,9-12,15-17H2,1-3H3;1-4H,(H,9,10)(H,11,12)/t22-;/m0./s1. The van der Waals surface area contributed by atoms with E-state index in [-0.39, 0.29) is 23.3 Å². The first kappa shape index (κ1) is 33.7. The lowest BCUT2D eigenvalue weighted by Gasteiger charge is -2.33. The molecule has 2 aliphatic rings. The summed E-state index contributed by atoms with van der Waals surface area (Å²) in [5, 5.41) is 36.3. The number of rotatable bonds is 9. The number of likely N-dealkylation sites (tertiary alicyclic amines) is 1. The van der Waals surface area contributed by atoms with Crippen LogP contribution < -0.4 is 9.47 Å². The van der Waals surface area contributed by atoms with Crippen molar-refractivity contribution in [1.29, 1.82) is 0 Å². The lowest BCUT2D eigenvalue weighted by Crippen LogP contribution is -2.40. The smallest absolute Gasteiger partial charge is 0.335 e. The van der Waals surface area contributed by atoms with E-state index in [4.69, 9.17) is 28.5 Å². The molecule has 1 saturated heterocycles. The van der Waals surface area contributed by atoms with Crippen LogP contribution >= 0.6 is 0 Å². The molecule has 0 bridgehead atoms. The second-order valence-electron chi connectivity index (χ2n) is 13.0. The number of hydrogen-bond donors (Lipinski definition) is 3. The first-order valence-electron chi connectivity index (χ1n) is 16.2. The Balaban J connectivity index is 0.000000295. The number of aromatic carboxylic acids is 2. The molecule has 256 valence electrons. The van der Waals surface area contributed by atoms with Crippen LogP contribution in [0.4, 0.5) is 0 Å². The van der Waals surface area contributed by atoms with E-state index in [1.807, 2.05) is 24.3 Å². The number of benzene rings is 3. The Kier molecular flexibility index (Phi) is 9.70. The average molecular weight is 670 g/mol. The number of aliphatic hydroxyl groups is 1. The molecule has 5 aromatic rings. The van der Waals surface area contributed by atoms with Crippen molar-refractivity contribution < 1.29 is 43.2 Å². The van der Waals surface area contributed by atoms with E-state index in [1.165, 1.54) is 35.4 Å². The highest BCUT2D eigenvalue weighted by atomic mass is 16.5. The van der Waals surface area contributed by atoms with Gasteiger partial charge in [0.1, 0.15) is 35.4 Å². The monoisotopic (exact) mass is 669 g/mol. The third-order valence-electron chi connectivity index (χ3n) is 8.68. The molecule has 1 atom stereocenters. The highest BCUT2D eigenvalue weighted by Crippen LogP contribution is 2.38. The van der Waals surface area contributed by atoms with E-state index in [1.54, 1.807) is 6.92 Å². The lowest BCUT2D eigenvalue weighted by atomic mass is 9.87. The van der Waals surface area contributed by atoms with Gasteiger partial charge in [-0.3, -0.25) is 0 Å². The van der Waals surface area contributed by atoms with Crippen molar-refractivity contribution >= 4 is 22.9 Å². The number of ether oxygens (including phenoxy) is 2. The quantitative estimate of drug-likeness (QED) is 0.163. The number of nitrogens with zero attached hydrogens (tertiary/aromatic N) is 3. The number of aliphatic hydroxyl groups excluding tert-OH is 1. The van der Waals surface area contributed by atoms with Crippen LogP contribution in [0.5, 0.6) is 11.5 Å². The Hall–Kier alpha value is -5.20. The number of fused-ring (bicyclic) bond motifs is 2. The zero-order valence-electron chi connectivity index (χ0n) is 27.6. The summed E-state index contributed by atoms with van der Waals surface area (Å²) < 4.78 is 23.4. The van der Waals surface area contributed by atoms with Crippen LogP contribution in [0.2, 0.25) is 0 Å². The molecule has 0 unspecified atom stereocenters. The third-order valence-corrected chi connectivity index (χ3v) is 8.68. The second-order valence-corrected chi connectivity index (χ2v) is 13.0. The van der Waals surface area contributed by atoms with Gasteiger partial charge < -0.3 is 38.5 Å². The van der Waals surface area contributed by atoms with Gasteiger partial charge in [0.15, 0.2) is 5.76 Å². The summed E-state index contributed by atoms with van der Waals surface area (Å²) in [5.41, 5.74) is 3.46. The fourth-order valence-corrected chi connectivity index (χ4v) is 6.29. The van der Waals surface area contributed by atoms with Crippen LogP contribution in [0.15, 0.2) is 75.6 Å². The molecule has 12 nitrogen and oxygen atoms in total. The summed E-state index contributed by atoms with van der Waals surface area (Å²) in [5.74, 6) is 1.42. The number of piperidine rings is 1. The maximum Gasteiger partial charge on any atom is 0.335 e.